The lowest BCUT2D eigenvalue weighted by Crippen LogP contribution is -2.32. The van der Waals surface area contributed by atoms with E-state index in [-0.39, 0.29) is 0 Å². The van der Waals surface area contributed by atoms with Crippen molar-refractivity contribution in [2.75, 3.05) is 4.90 Å². The molecular formula is C70H47NO. The zero-order valence-corrected chi connectivity index (χ0v) is 39.6. The van der Waals surface area contributed by atoms with Crippen LogP contribution in [0.2, 0.25) is 0 Å². The van der Waals surface area contributed by atoms with Crippen molar-refractivity contribution in [3.63, 3.8) is 0 Å². The van der Waals surface area contributed by atoms with Gasteiger partial charge >= 0.3 is 0 Å². The van der Waals surface area contributed by atoms with Gasteiger partial charge in [-0.2, -0.15) is 0 Å². The molecule has 4 aliphatic rings. The van der Waals surface area contributed by atoms with Gasteiger partial charge in [-0.05, 0) is 127 Å². The van der Waals surface area contributed by atoms with E-state index in [1.807, 2.05) is 0 Å². The average Bonchev–Trinajstić information content (AvgIpc) is 3.91. The van der Waals surface area contributed by atoms with Crippen LogP contribution in [0.25, 0.3) is 54.9 Å². The molecule has 1 aliphatic heterocycles. The fraction of sp³-hybridized carbons (Fsp3) is 0.0571. The molecule has 11 aromatic carbocycles. The predicted octanol–water partition coefficient (Wildman–Crippen LogP) is 18.2. The Bertz CT molecular complexity index is 3990. The van der Waals surface area contributed by atoms with Crippen LogP contribution in [0.4, 0.5) is 17.1 Å². The van der Waals surface area contributed by atoms with E-state index >= 15 is 0 Å². The highest BCUT2D eigenvalue weighted by Gasteiger charge is 2.52. The molecule has 1 unspecified atom stereocenters. The average molecular weight is 918 g/mol. The van der Waals surface area contributed by atoms with Crippen molar-refractivity contribution in [1.82, 2.24) is 0 Å². The maximum Gasteiger partial charge on any atom is 0.140 e. The van der Waals surface area contributed by atoms with Gasteiger partial charge in [0, 0.05) is 39.0 Å². The predicted molar refractivity (Wildman–Crippen MR) is 297 cm³/mol. The third-order valence-electron chi connectivity index (χ3n) is 16.2. The van der Waals surface area contributed by atoms with E-state index in [0.29, 0.717) is 0 Å². The molecule has 0 saturated carbocycles. The number of rotatable bonds is 6. The number of allylic oxidation sites excluding steroid dienone is 4. The van der Waals surface area contributed by atoms with Gasteiger partial charge in [-0.15, -0.1) is 0 Å². The molecule has 0 saturated heterocycles. The third-order valence-corrected chi connectivity index (χ3v) is 16.2. The van der Waals surface area contributed by atoms with Crippen molar-refractivity contribution in [2.24, 2.45) is 0 Å². The number of fused-ring (bicyclic) bond motifs is 16. The van der Waals surface area contributed by atoms with Gasteiger partial charge in [0.25, 0.3) is 0 Å². The molecule has 2 nitrogen and oxygen atoms in total. The summed E-state index contributed by atoms with van der Waals surface area (Å²) in [5.41, 5.74) is 19.7. The SMILES string of the molecule is C1=CC(C2(c3ccccc3)c3ccccc3-c3ccc(N(c4ccc(-c5ccccc5)cc4)c4ccc5c(c4)-c4ccccc4C54c5ccc6ccccc6c5Oc5c4ccc4ccccc54)cc32)=CCC1. The normalized spacial score (nSPS) is 16.2. The van der Waals surface area contributed by atoms with E-state index in [1.165, 1.54) is 66.8 Å². The standard InChI is InChI=1S/C70H47NO/c1-4-18-46(19-5-1)47-32-36-52(37-33-47)71(54-38-40-59-57-28-14-16-30-61(57)69(66(59)45-54,50-22-6-2-7-23-50)51-24-8-3-9-25-51)53-39-43-63-60(44-53)58-29-15-17-31-62(58)70(63)64-41-34-48-20-10-12-26-55(48)67(64)72-68-56-27-13-11-21-49(56)35-42-65(68)70/h1-2,4-8,10-45H,3,9H2. The van der Waals surface area contributed by atoms with E-state index < -0.39 is 10.8 Å². The minimum Gasteiger partial charge on any atom is -0.455 e. The smallest absolute Gasteiger partial charge is 0.140 e. The maximum atomic E-state index is 7.28. The molecule has 0 bridgehead atoms. The van der Waals surface area contributed by atoms with Crippen molar-refractivity contribution in [2.45, 2.75) is 23.7 Å². The van der Waals surface area contributed by atoms with Crippen LogP contribution in [0.15, 0.2) is 266 Å². The first-order valence-electron chi connectivity index (χ1n) is 25.3. The Hall–Kier alpha value is -8.98. The van der Waals surface area contributed by atoms with Crippen LogP contribution in [0, 0.1) is 0 Å². The lowest BCUT2D eigenvalue weighted by atomic mass is 9.65. The van der Waals surface area contributed by atoms with Crippen LogP contribution in [0.5, 0.6) is 11.5 Å². The molecule has 11 aromatic rings. The minimum absolute atomic E-state index is 0.496. The molecular weight excluding hydrogens is 871 g/mol. The molecule has 0 N–H and O–H groups in total. The van der Waals surface area contributed by atoms with E-state index in [4.69, 9.17) is 4.74 Å². The minimum atomic E-state index is -0.639. The van der Waals surface area contributed by atoms with Crippen LogP contribution in [0.1, 0.15) is 51.8 Å². The van der Waals surface area contributed by atoms with Crippen LogP contribution in [-0.4, -0.2) is 0 Å². The highest BCUT2D eigenvalue weighted by molar-refractivity contribution is 6.01. The summed E-state index contributed by atoms with van der Waals surface area (Å²) in [7, 11) is 0. The van der Waals surface area contributed by atoms with Gasteiger partial charge in [-0.3, -0.25) is 0 Å². The summed E-state index contributed by atoms with van der Waals surface area (Å²) in [5, 5.41) is 4.56. The quantitative estimate of drug-likeness (QED) is 0.165. The van der Waals surface area contributed by atoms with Gasteiger partial charge in [0.15, 0.2) is 0 Å². The fourth-order valence-corrected chi connectivity index (χ4v) is 13.2. The number of anilines is 3. The van der Waals surface area contributed by atoms with Crippen LogP contribution >= 0.6 is 0 Å². The molecule has 1 atom stereocenters. The topological polar surface area (TPSA) is 12.5 Å². The molecule has 15 rings (SSSR count). The maximum absolute atomic E-state index is 7.28. The van der Waals surface area contributed by atoms with Crippen molar-refractivity contribution in [3.8, 4) is 44.9 Å². The van der Waals surface area contributed by atoms with Crippen molar-refractivity contribution < 1.29 is 4.74 Å². The molecule has 2 heteroatoms. The molecule has 1 heterocycles. The Morgan fingerprint density at radius 3 is 1.54 bits per heavy atom. The number of nitrogens with zero attached hydrogens (tertiary/aromatic N) is 1. The summed E-state index contributed by atoms with van der Waals surface area (Å²) in [6, 6.07) is 90.2. The Balaban J connectivity index is 0.988. The first kappa shape index (κ1) is 40.9. The highest BCUT2D eigenvalue weighted by Crippen LogP contribution is 2.65. The van der Waals surface area contributed by atoms with Gasteiger partial charge in [-0.1, -0.05) is 224 Å². The lowest BCUT2D eigenvalue weighted by Gasteiger charge is -2.40. The number of hydrogen-bond acceptors (Lipinski definition) is 2. The first-order valence-corrected chi connectivity index (χ1v) is 25.3. The third kappa shape index (κ3) is 5.66. The van der Waals surface area contributed by atoms with E-state index in [0.717, 1.165) is 74.1 Å². The molecule has 0 radical (unpaired) electrons. The number of ether oxygens (including phenoxy) is 1. The van der Waals surface area contributed by atoms with Crippen LogP contribution < -0.4 is 9.64 Å². The van der Waals surface area contributed by atoms with Crippen molar-refractivity contribution in [3.05, 3.63) is 305 Å². The Kier molecular flexibility index (Phi) is 8.95. The molecule has 338 valence electrons. The summed E-state index contributed by atoms with van der Waals surface area (Å²) in [6.45, 7) is 0. The second-order valence-corrected chi connectivity index (χ2v) is 19.7. The highest BCUT2D eigenvalue weighted by atomic mass is 16.5. The zero-order valence-electron chi connectivity index (χ0n) is 39.6. The fourth-order valence-electron chi connectivity index (χ4n) is 13.2. The summed E-state index contributed by atoms with van der Waals surface area (Å²) in [6.07, 6.45) is 9.30. The summed E-state index contributed by atoms with van der Waals surface area (Å²) < 4.78 is 7.28. The van der Waals surface area contributed by atoms with E-state index in [1.54, 1.807) is 0 Å². The van der Waals surface area contributed by atoms with Gasteiger partial charge in [0.1, 0.15) is 11.5 Å². The molecule has 1 spiro atoms. The first-order chi connectivity index (χ1) is 35.7. The molecule has 0 amide bonds. The van der Waals surface area contributed by atoms with Gasteiger partial charge in [0.2, 0.25) is 0 Å². The molecule has 0 fully saturated rings. The largest absolute Gasteiger partial charge is 0.455 e. The Labute approximate surface area is 420 Å². The van der Waals surface area contributed by atoms with Crippen LogP contribution in [0.3, 0.4) is 0 Å². The second-order valence-electron chi connectivity index (χ2n) is 19.7. The van der Waals surface area contributed by atoms with E-state index in [2.05, 4.69) is 266 Å². The number of hydrogen-bond donors (Lipinski definition) is 0. The Morgan fingerprint density at radius 1 is 0.347 bits per heavy atom. The zero-order chi connectivity index (χ0) is 47.4. The van der Waals surface area contributed by atoms with Gasteiger partial charge in [0.05, 0.1) is 10.8 Å². The van der Waals surface area contributed by atoms with Crippen LogP contribution in [-0.2, 0) is 10.8 Å². The van der Waals surface area contributed by atoms with E-state index in [9.17, 15) is 0 Å². The lowest BCUT2D eigenvalue weighted by molar-refractivity contribution is 0.447. The Morgan fingerprint density at radius 2 is 0.861 bits per heavy atom. The van der Waals surface area contributed by atoms with Gasteiger partial charge in [-0.25, -0.2) is 0 Å². The summed E-state index contributed by atoms with van der Waals surface area (Å²) in [4.78, 5) is 2.49. The monoisotopic (exact) mass is 917 g/mol. The molecule has 3 aliphatic carbocycles. The second kappa shape index (κ2) is 15.8. The number of benzene rings is 11. The van der Waals surface area contributed by atoms with Crippen molar-refractivity contribution >= 4 is 38.6 Å². The van der Waals surface area contributed by atoms with Crippen molar-refractivity contribution in [1.29, 1.82) is 0 Å². The molecule has 72 heavy (non-hydrogen) atoms. The molecule has 0 aromatic heterocycles. The summed E-state index contributed by atoms with van der Waals surface area (Å²) in [5.74, 6) is 1.85. The van der Waals surface area contributed by atoms with Gasteiger partial charge < -0.3 is 9.64 Å². The summed E-state index contributed by atoms with van der Waals surface area (Å²) >= 11 is 0.